The van der Waals surface area contributed by atoms with E-state index in [1.165, 1.54) is 37.4 Å². The summed E-state index contributed by atoms with van der Waals surface area (Å²) in [6.07, 6.45) is 1.30. The summed E-state index contributed by atoms with van der Waals surface area (Å²) in [6, 6.07) is 6.24. The predicted octanol–water partition coefficient (Wildman–Crippen LogP) is 1.80. The molecule has 0 spiro atoms. The second kappa shape index (κ2) is 5.37. The molecule has 8 nitrogen and oxygen atoms in total. The Labute approximate surface area is 120 Å². The van der Waals surface area contributed by atoms with E-state index in [1.54, 1.807) is 0 Å². The number of aromatic nitrogens is 1. The number of nitro groups is 1. The molecule has 0 saturated carbocycles. The Morgan fingerprint density at radius 3 is 2.67 bits per heavy atom. The van der Waals surface area contributed by atoms with Crippen LogP contribution in [-0.4, -0.2) is 23.4 Å². The Balaban J connectivity index is 2.43. The minimum absolute atomic E-state index is 0.249. The van der Waals surface area contributed by atoms with E-state index in [2.05, 4.69) is 9.71 Å². The van der Waals surface area contributed by atoms with Crippen LogP contribution in [0.5, 0.6) is 5.75 Å². The number of aryl methyl sites for hydroxylation is 1. The zero-order chi connectivity index (χ0) is 15.6. The monoisotopic (exact) mass is 309 g/mol. The number of nitro benzene ring substituents is 1. The number of nitrogens with zero attached hydrogens (tertiary/aromatic N) is 2. The molecule has 2 N–H and O–H groups in total. The number of hydrogen-bond acceptors (Lipinski definition) is 6. The molecule has 9 heteroatoms. The summed E-state index contributed by atoms with van der Waals surface area (Å²) in [5, 5.41) is 20.4. The molecule has 0 unspecified atom stereocenters. The summed E-state index contributed by atoms with van der Waals surface area (Å²) in [5.41, 5.74) is 0.0442. The van der Waals surface area contributed by atoms with Crippen molar-refractivity contribution in [1.29, 1.82) is 0 Å². The minimum Gasteiger partial charge on any atom is -0.504 e. The first kappa shape index (κ1) is 14.7. The highest BCUT2D eigenvalue weighted by Crippen LogP contribution is 2.26. The van der Waals surface area contributed by atoms with Crippen LogP contribution in [0, 0.1) is 17.0 Å². The van der Waals surface area contributed by atoms with Gasteiger partial charge in [0.15, 0.2) is 11.6 Å². The number of anilines is 1. The van der Waals surface area contributed by atoms with Crippen molar-refractivity contribution in [3.05, 3.63) is 52.2 Å². The number of sulfonamides is 1. The molecule has 0 aliphatic carbocycles. The van der Waals surface area contributed by atoms with Crippen LogP contribution in [-0.2, 0) is 10.0 Å². The maximum atomic E-state index is 12.2. The van der Waals surface area contributed by atoms with Gasteiger partial charge in [-0.05, 0) is 25.1 Å². The third kappa shape index (κ3) is 3.08. The van der Waals surface area contributed by atoms with Crippen LogP contribution in [0.3, 0.4) is 0 Å². The van der Waals surface area contributed by atoms with E-state index in [0.717, 1.165) is 6.07 Å². The third-order valence-corrected chi connectivity index (χ3v) is 4.04. The summed E-state index contributed by atoms with van der Waals surface area (Å²) >= 11 is 0. The molecule has 0 saturated heterocycles. The molecule has 0 aliphatic heterocycles. The van der Waals surface area contributed by atoms with E-state index >= 15 is 0 Å². The van der Waals surface area contributed by atoms with Gasteiger partial charge < -0.3 is 5.11 Å². The molecule has 0 amide bonds. The van der Waals surface area contributed by atoms with E-state index in [1.807, 2.05) is 0 Å². The van der Waals surface area contributed by atoms with Gasteiger partial charge >= 0.3 is 0 Å². The molecule has 1 aromatic heterocycles. The lowest BCUT2D eigenvalue weighted by Gasteiger charge is -2.08. The molecule has 1 heterocycles. The number of nitrogens with one attached hydrogen (secondary N) is 1. The van der Waals surface area contributed by atoms with Crippen LogP contribution in [0.4, 0.5) is 11.5 Å². The fourth-order valence-corrected chi connectivity index (χ4v) is 2.66. The predicted molar refractivity (Wildman–Crippen MR) is 74.5 cm³/mol. The smallest absolute Gasteiger partial charge is 0.273 e. The molecule has 0 atom stereocenters. The van der Waals surface area contributed by atoms with Crippen LogP contribution in [0.1, 0.15) is 5.56 Å². The lowest BCUT2D eigenvalue weighted by atomic mass is 10.2. The lowest BCUT2D eigenvalue weighted by Crippen LogP contribution is -2.14. The van der Waals surface area contributed by atoms with Crippen molar-refractivity contribution in [2.75, 3.05) is 4.72 Å². The Kier molecular flexibility index (Phi) is 3.76. The molecular formula is C12H11N3O5S. The first-order chi connectivity index (χ1) is 9.81. The molecular weight excluding hydrogens is 298 g/mol. The number of benzene rings is 1. The zero-order valence-corrected chi connectivity index (χ0v) is 11.7. The van der Waals surface area contributed by atoms with Gasteiger partial charge in [0.25, 0.3) is 15.7 Å². The highest BCUT2D eigenvalue weighted by Gasteiger charge is 2.21. The van der Waals surface area contributed by atoms with Crippen molar-refractivity contribution in [2.24, 2.45) is 0 Å². The first-order valence-electron chi connectivity index (χ1n) is 5.73. The van der Waals surface area contributed by atoms with Crippen LogP contribution in [0.25, 0.3) is 0 Å². The Bertz CT molecular complexity index is 804. The van der Waals surface area contributed by atoms with Gasteiger partial charge in [-0.15, -0.1) is 0 Å². The van der Waals surface area contributed by atoms with Crippen molar-refractivity contribution in [3.8, 4) is 5.75 Å². The summed E-state index contributed by atoms with van der Waals surface area (Å²) in [4.78, 5) is 13.6. The maximum absolute atomic E-state index is 12.2. The summed E-state index contributed by atoms with van der Waals surface area (Å²) in [7, 11) is -4.09. The van der Waals surface area contributed by atoms with Gasteiger partial charge in [0.1, 0.15) is 0 Å². The summed E-state index contributed by atoms with van der Waals surface area (Å²) < 4.78 is 26.4. The standard InChI is InChI=1S/C12H11N3O5S/c1-8-4-5-9(7-10(8)15(17)18)21(19,20)14-12-11(16)3-2-6-13-12/h2-7,16H,1H3,(H,13,14). The summed E-state index contributed by atoms with van der Waals surface area (Å²) in [6.45, 7) is 1.51. The number of aromatic hydroxyl groups is 1. The number of hydrogen-bond donors (Lipinski definition) is 2. The number of pyridine rings is 1. The highest BCUT2D eigenvalue weighted by molar-refractivity contribution is 7.92. The molecule has 0 radical (unpaired) electrons. The van der Waals surface area contributed by atoms with Crippen molar-refractivity contribution < 1.29 is 18.4 Å². The van der Waals surface area contributed by atoms with Crippen LogP contribution < -0.4 is 4.72 Å². The average Bonchev–Trinajstić information content (AvgIpc) is 2.41. The van der Waals surface area contributed by atoms with E-state index < -0.39 is 14.9 Å². The SMILES string of the molecule is Cc1ccc(S(=O)(=O)Nc2ncccc2O)cc1[N+](=O)[O-]. The van der Waals surface area contributed by atoms with Crippen molar-refractivity contribution >= 4 is 21.5 Å². The molecule has 110 valence electrons. The molecule has 0 bridgehead atoms. The normalized spacial score (nSPS) is 11.1. The molecule has 2 aromatic rings. The molecule has 21 heavy (non-hydrogen) atoms. The van der Waals surface area contributed by atoms with Gasteiger partial charge in [-0.1, -0.05) is 6.07 Å². The number of rotatable bonds is 4. The Morgan fingerprint density at radius 1 is 1.33 bits per heavy atom. The van der Waals surface area contributed by atoms with E-state index in [9.17, 15) is 23.6 Å². The largest absolute Gasteiger partial charge is 0.504 e. The van der Waals surface area contributed by atoms with Gasteiger partial charge in [0, 0.05) is 17.8 Å². The van der Waals surface area contributed by atoms with E-state index in [4.69, 9.17) is 0 Å². The second-order valence-corrected chi connectivity index (χ2v) is 5.86. The molecule has 0 aliphatic rings. The average molecular weight is 309 g/mol. The van der Waals surface area contributed by atoms with E-state index in [0.29, 0.717) is 5.56 Å². The van der Waals surface area contributed by atoms with Crippen molar-refractivity contribution in [2.45, 2.75) is 11.8 Å². The fourth-order valence-electron chi connectivity index (χ4n) is 1.61. The maximum Gasteiger partial charge on any atom is 0.273 e. The van der Waals surface area contributed by atoms with Crippen LogP contribution in [0.15, 0.2) is 41.4 Å². The lowest BCUT2D eigenvalue weighted by molar-refractivity contribution is -0.385. The van der Waals surface area contributed by atoms with Crippen LogP contribution >= 0.6 is 0 Å². The fraction of sp³-hybridized carbons (Fsp3) is 0.0833. The minimum atomic E-state index is -4.09. The van der Waals surface area contributed by atoms with Crippen molar-refractivity contribution in [3.63, 3.8) is 0 Å². The third-order valence-electron chi connectivity index (χ3n) is 2.71. The van der Waals surface area contributed by atoms with Gasteiger partial charge in [0.05, 0.1) is 9.82 Å². The Morgan fingerprint density at radius 2 is 2.05 bits per heavy atom. The second-order valence-electron chi connectivity index (χ2n) is 4.18. The topological polar surface area (TPSA) is 122 Å². The quantitative estimate of drug-likeness (QED) is 0.656. The molecule has 0 fully saturated rings. The highest BCUT2D eigenvalue weighted by atomic mass is 32.2. The van der Waals surface area contributed by atoms with Crippen molar-refractivity contribution in [1.82, 2.24) is 4.98 Å². The molecule has 1 aromatic carbocycles. The zero-order valence-electron chi connectivity index (χ0n) is 10.8. The summed E-state index contributed by atoms with van der Waals surface area (Å²) in [5.74, 6) is -0.594. The molecule has 2 rings (SSSR count). The van der Waals surface area contributed by atoms with Gasteiger partial charge in [-0.25, -0.2) is 13.4 Å². The van der Waals surface area contributed by atoms with E-state index in [-0.39, 0.29) is 22.2 Å². The van der Waals surface area contributed by atoms with Gasteiger partial charge in [0.2, 0.25) is 0 Å². The Hall–Kier alpha value is -2.68. The van der Waals surface area contributed by atoms with Crippen LogP contribution in [0.2, 0.25) is 0 Å². The van der Waals surface area contributed by atoms with Gasteiger partial charge in [-0.2, -0.15) is 0 Å². The van der Waals surface area contributed by atoms with Gasteiger partial charge in [-0.3, -0.25) is 14.8 Å². The first-order valence-corrected chi connectivity index (χ1v) is 7.21.